The summed E-state index contributed by atoms with van der Waals surface area (Å²) in [5.74, 6) is -0.687. The van der Waals surface area contributed by atoms with Gasteiger partial charge >= 0.3 is 5.97 Å². The van der Waals surface area contributed by atoms with Crippen molar-refractivity contribution >= 4 is 17.3 Å². The second kappa shape index (κ2) is 4.55. The number of hydrogen-bond donors (Lipinski definition) is 1. The van der Waals surface area contributed by atoms with E-state index in [0.29, 0.717) is 12.3 Å². The minimum atomic E-state index is -0.758. The van der Waals surface area contributed by atoms with Gasteiger partial charge in [-0.1, -0.05) is 20.8 Å². The number of aliphatic carboxylic acids is 1. The predicted octanol–water partition coefficient (Wildman–Crippen LogP) is 2.53. The molecule has 0 fully saturated rings. The van der Waals surface area contributed by atoms with Crippen LogP contribution in [0.2, 0.25) is 0 Å². The van der Waals surface area contributed by atoms with Crippen LogP contribution in [0.4, 0.5) is 0 Å². The third-order valence-electron chi connectivity index (χ3n) is 2.06. The molecule has 14 heavy (non-hydrogen) atoms. The smallest absolute Gasteiger partial charge is 0.306 e. The SMILES string of the molecule is CC(Cc1nc(C(C)C)cs1)C(=O)O. The maximum atomic E-state index is 10.6. The van der Waals surface area contributed by atoms with Crippen LogP contribution in [0.15, 0.2) is 5.38 Å². The van der Waals surface area contributed by atoms with Gasteiger partial charge in [-0.25, -0.2) is 4.98 Å². The summed E-state index contributed by atoms with van der Waals surface area (Å²) in [7, 11) is 0. The average Bonchev–Trinajstić information content (AvgIpc) is 2.52. The van der Waals surface area contributed by atoms with Crippen molar-refractivity contribution in [2.45, 2.75) is 33.1 Å². The quantitative estimate of drug-likeness (QED) is 0.836. The van der Waals surface area contributed by atoms with Crippen LogP contribution in [0.3, 0.4) is 0 Å². The van der Waals surface area contributed by atoms with E-state index in [1.54, 1.807) is 18.3 Å². The molecule has 3 nitrogen and oxygen atoms in total. The molecule has 1 rings (SSSR count). The molecule has 0 aliphatic heterocycles. The highest BCUT2D eigenvalue weighted by molar-refractivity contribution is 7.09. The molecule has 1 N–H and O–H groups in total. The lowest BCUT2D eigenvalue weighted by atomic mass is 10.1. The zero-order valence-electron chi connectivity index (χ0n) is 8.65. The Kier molecular flexibility index (Phi) is 3.63. The normalized spacial score (nSPS) is 13.1. The number of rotatable bonds is 4. The van der Waals surface area contributed by atoms with E-state index in [0.717, 1.165) is 10.7 Å². The van der Waals surface area contributed by atoms with Gasteiger partial charge in [0.05, 0.1) is 16.6 Å². The zero-order valence-corrected chi connectivity index (χ0v) is 9.47. The van der Waals surface area contributed by atoms with Crippen LogP contribution in [0.25, 0.3) is 0 Å². The lowest BCUT2D eigenvalue weighted by Crippen LogP contribution is -2.12. The minimum Gasteiger partial charge on any atom is -0.481 e. The number of hydrogen-bond acceptors (Lipinski definition) is 3. The van der Waals surface area contributed by atoms with Gasteiger partial charge in [-0.3, -0.25) is 4.79 Å². The molecule has 1 atom stereocenters. The highest BCUT2D eigenvalue weighted by Gasteiger charge is 2.14. The van der Waals surface area contributed by atoms with Gasteiger partial charge in [0.1, 0.15) is 0 Å². The van der Waals surface area contributed by atoms with Crippen molar-refractivity contribution in [1.82, 2.24) is 4.98 Å². The number of carbonyl (C=O) groups is 1. The molecular weight excluding hydrogens is 198 g/mol. The number of nitrogens with zero attached hydrogens (tertiary/aromatic N) is 1. The standard InChI is InChI=1S/C10H15NO2S/c1-6(2)8-5-14-9(11-8)4-7(3)10(12)13/h5-7H,4H2,1-3H3,(H,12,13). The molecule has 1 unspecified atom stereocenters. The third kappa shape index (κ3) is 2.80. The van der Waals surface area contributed by atoms with Crippen molar-refractivity contribution in [3.63, 3.8) is 0 Å². The fourth-order valence-electron chi connectivity index (χ4n) is 1.03. The number of carboxylic acid groups (broad SMARTS) is 1. The first-order valence-electron chi connectivity index (χ1n) is 4.67. The van der Waals surface area contributed by atoms with Gasteiger partial charge in [0.15, 0.2) is 0 Å². The summed E-state index contributed by atoms with van der Waals surface area (Å²) in [5.41, 5.74) is 1.06. The van der Waals surface area contributed by atoms with Crippen LogP contribution in [0, 0.1) is 5.92 Å². The molecule has 0 saturated heterocycles. The largest absolute Gasteiger partial charge is 0.481 e. The molecule has 0 radical (unpaired) electrons. The molecule has 0 spiro atoms. The molecule has 1 heterocycles. The van der Waals surface area contributed by atoms with Gasteiger partial charge in [0.2, 0.25) is 0 Å². The fourth-order valence-corrected chi connectivity index (χ4v) is 2.12. The van der Waals surface area contributed by atoms with Crippen molar-refractivity contribution in [2.75, 3.05) is 0 Å². The molecule has 1 aromatic rings. The molecular formula is C10H15NO2S. The third-order valence-corrected chi connectivity index (χ3v) is 2.95. The first-order valence-corrected chi connectivity index (χ1v) is 5.55. The molecule has 0 bridgehead atoms. The molecule has 0 saturated carbocycles. The molecule has 0 amide bonds. The Morgan fingerprint density at radius 1 is 1.57 bits per heavy atom. The Bertz CT molecular complexity index is 320. The lowest BCUT2D eigenvalue weighted by molar-refractivity contribution is -0.141. The lowest BCUT2D eigenvalue weighted by Gasteiger charge is -2.02. The molecule has 1 aromatic heterocycles. The number of aromatic nitrogens is 1. The topological polar surface area (TPSA) is 50.2 Å². The minimum absolute atomic E-state index is 0.346. The maximum absolute atomic E-state index is 10.6. The Morgan fingerprint density at radius 2 is 2.21 bits per heavy atom. The van der Waals surface area contributed by atoms with E-state index in [9.17, 15) is 4.79 Å². The van der Waals surface area contributed by atoms with Gasteiger partial charge in [-0.15, -0.1) is 11.3 Å². The van der Waals surface area contributed by atoms with Gasteiger partial charge < -0.3 is 5.11 Å². The maximum Gasteiger partial charge on any atom is 0.306 e. The van der Waals surface area contributed by atoms with Crippen LogP contribution >= 0.6 is 11.3 Å². The van der Waals surface area contributed by atoms with Crippen molar-refractivity contribution in [3.05, 3.63) is 16.1 Å². The zero-order chi connectivity index (χ0) is 10.7. The predicted molar refractivity (Wildman–Crippen MR) is 56.7 cm³/mol. The highest BCUT2D eigenvalue weighted by Crippen LogP contribution is 2.19. The summed E-state index contributed by atoms with van der Waals surface area (Å²) < 4.78 is 0. The van der Waals surface area contributed by atoms with Crippen LogP contribution in [-0.4, -0.2) is 16.1 Å². The van der Waals surface area contributed by atoms with Crippen LogP contribution in [0.5, 0.6) is 0 Å². The summed E-state index contributed by atoms with van der Waals surface area (Å²) in [6.07, 6.45) is 0.534. The molecule has 78 valence electrons. The van der Waals surface area contributed by atoms with Crippen LogP contribution in [0.1, 0.15) is 37.4 Å². The molecule has 4 heteroatoms. The Hall–Kier alpha value is -0.900. The van der Waals surface area contributed by atoms with Crippen molar-refractivity contribution in [3.8, 4) is 0 Å². The van der Waals surface area contributed by atoms with Crippen molar-refractivity contribution in [2.24, 2.45) is 5.92 Å². The summed E-state index contributed by atoms with van der Waals surface area (Å²) >= 11 is 1.55. The first kappa shape index (κ1) is 11.2. The van der Waals surface area contributed by atoms with Gasteiger partial charge in [-0.2, -0.15) is 0 Å². The molecule has 0 aliphatic rings. The molecule has 0 aromatic carbocycles. The summed E-state index contributed by atoms with van der Waals surface area (Å²) in [4.78, 5) is 15.0. The monoisotopic (exact) mass is 213 g/mol. The Morgan fingerprint density at radius 3 is 2.64 bits per heavy atom. The first-order chi connectivity index (χ1) is 6.50. The average molecular weight is 213 g/mol. The Balaban J connectivity index is 2.64. The second-order valence-corrected chi connectivity index (χ2v) is 4.71. The van der Waals surface area contributed by atoms with E-state index >= 15 is 0 Å². The van der Waals surface area contributed by atoms with Crippen molar-refractivity contribution in [1.29, 1.82) is 0 Å². The van der Waals surface area contributed by atoms with Gasteiger partial charge in [0, 0.05) is 11.8 Å². The Labute approximate surface area is 87.8 Å². The van der Waals surface area contributed by atoms with Crippen LogP contribution < -0.4 is 0 Å². The second-order valence-electron chi connectivity index (χ2n) is 3.76. The van der Waals surface area contributed by atoms with Crippen LogP contribution in [-0.2, 0) is 11.2 Å². The van der Waals surface area contributed by atoms with Crippen molar-refractivity contribution < 1.29 is 9.90 Å². The summed E-state index contributed by atoms with van der Waals surface area (Å²) in [5, 5.41) is 11.7. The summed E-state index contributed by atoms with van der Waals surface area (Å²) in [6, 6.07) is 0. The van der Waals surface area contributed by atoms with E-state index in [4.69, 9.17) is 5.11 Å². The van der Waals surface area contributed by atoms with E-state index in [-0.39, 0.29) is 5.92 Å². The van der Waals surface area contributed by atoms with E-state index < -0.39 is 5.97 Å². The van der Waals surface area contributed by atoms with E-state index in [2.05, 4.69) is 18.8 Å². The molecule has 0 aliphatic carbocycles. The van der Waals surface area contributed by atoms with Gasteiger partial charge in [0.25, 0.3) is 0 Å². The fraction of sp³-hybridized carbons (Fsp3) is 0.600. The summed E-state index contributed by atoms with van der Waals surface area (Å²) in [6.45, 7) is 5.87. The van der Waals surface area contributed by atoms with E-state index in [1.807, 2.05) is 5.38 Å². The number of carboxylic acids is 1. The highest BCUT2D eigenvalue weighted by atomic mass is 32.1. The number of thiazole rings is 1. The van der Waals surface area contributed by atoms with Gasteiger partial charge in [-0.05, 0) is 5.92 Å². The van der Waals surface area contributed by atoms with E-state index in [1.165, 1.54) is 0 Å².